The standard InChI is InChI=1S/C8H10N2O2/c1-6-3-4-7(9-5-11)8(10-6)12-2/h3-5H,1-2H3,(H,9,11). The summed E-state index contributed by atoms with van der Waals surface area (Å²) in [5, 5.41) is 2.49. The fourth-order valence-corrected chi connectivity index (χ4v) is 0.862. The van der Waals surface area contributed by atoms with Gasteiger partial charge in [-0.1, -0.05) is 0 Å². The molecule has 1 N–H and O–H groups in total. The van der Waals surface area contributed by atoms with Crippen molar-refractivity contribution >= 4 is 12.1 Å². The smallest absolute Gasteiger partial charge is 0.237 e. The van der Waals surface area contributed by atoms with Gasteiger partial charge in [0.05, 0.1) is 7.11 Å². The molecule has 0 atom stereocenters. The molecule has 12 heavy (non-hydrogen) atoms. The maximum Gasteiger partial charge on any atom is 0.237 e. The van der Waals surface area contributed by atoms with Crippen molar-refractivity contribution < 1.29 is 9.53 Å². The summed E-state index contributed by atoms with van der Waals surface area (Å²) in [6.45, 7) is 1.85. The van der Waals surface area contributed by atoms with Crippen molar-refractivity contribution in [1.29, 1.82) is 0 Å². The Balaban J connectivity index is 3.01. The van der Waals surface area contributed by atoms with Gasteiger partial charge < -0.3 is 10.1 Å². The maximum absolute atomic E-state index is 10.1. The predicted octanol–water partition coefficient (Wildman–Crippen LogP) is 0.967. The van der Waals surface area contributed by atoms with Gasteiger partial charge in [-0.25, -0.2) is 4.98 Å². The lowest BCUT2D eigenvalue weighted by atomic mass is 10.3. The molecule has 0 fully saturated rings. The third kappa shape index (κ3) is 1.72. The van der Waals surface area contributed by atoms with Crippen LogP contribution in [0.5, 0.6) is 5.88 Å². The zero-order valence-corrected chi connectivity index (χ0v) is 7.00. The van der Waals surface area contributed by atoms with Crippen molar-refractivity contribution in [1.82, 2.24) is 4.98 Å². The number of rotatable bonds is 3. The summed E-state index contributed by atoms with van der Waals surface area (Å²) in [6, 6.07) is 3.55. The van der Waals surface area contributed by atoms with Gasteiger partial charge in [0.25, 0.3) is 0 Å². The maximum atomic E-state index is 10.1. The third-order valence-corrected chi connectivity index (χ3v) is 1.41. The Bertz CT molecular complexity index is 286. The van der Waals surface area contributed by atoms with Crippen molar-refractivity contribution in [2.75, 3.05) is 12.4 Å². The quantitative estimate of drug-likeness (QED) is 0.680. The average molecular weight is 166 g/mol. The van der Waals surface area contributed by atoms with E-state index in [9.17, 15) is 4.79 Å². The molecule has 1 heterocycles. The number of pyridine rings is 1. The van der Waals surface area contributed by atoms with Crippen LogP contribution in [0.3, 0.4) is 0 Å². The lowest BCUT2D eigenvalue weighted by molar-refractivity contribution is -0.105. The van der Waals surface area contributed by atoms with Gasteiger partial charge in [-0.2, -0.15) is 0 Å². The fourth-order valence-electron chi connectivity index (χ4n) is 0.862. The van der Waals surface area contributed by atoms with Crippen molar-refractivity contribution in [2.24, 2.45) is 0 Å². The summed E-state index contributed by atoms with van der Waals surface area (Å²) in [4.78, 5) is 14.2. The molecule has 1 amide bonds. The minimum atomic E-state index is 0.433. The number of hydrogen-bond donors (Lipinski definition) is 1. The predicted molar refractivity (Wildman–Crippen MR) is 45.2 cm³/mol. The minimum Gasteiger partial charge on any atom is -0.480 e. The van der Waals surface area contributed by atoms with Gasteiger partial charge in [0.2, 0.25) is 12.3 Å². The molecule has 1 rings (SSSR count). The van der Waals surface area contributed by atoms with Gasteiger partial charge in [0.1, 0.15) is 5.69 Å². The van der Waals surface area contributed by atoms with E-state index < -0.39 is 0 Å². The van der Waals surface area contributed by atoms with Crippen LogP contribution in [0.15, 0.2) is 12.1 Å². The van der Waals surface area contributed by atoms with E-state index in [-0.39, 0.29) is 0 Å². The summed E-state index contributed by atoms with van der Waals surface area (Å²) < 4.78 is 4.95. The summed E-state index contributed by atoms with van der Waals surface area (Å²) >= 11 is 0. The second-order valence-electron chi connectivity index (χ2n) is 2.27. The van der Waals surface area contributed by atoms with E-state index in [1.54, 1.807) is 12.1 Å². The molecule has 0 aromatic carbocycles. The van der Waals surface area contributed by atoms with Crippen LogP contribution in [-0.2, 0) is 4.79 Å². The number of nitrogens with one attached hydrogen (secondary N) is 1. The lowest BCUT2D eigenvalue weighted by Gasteiger charge is -2.05. The van der Waals surface area contributed by atoms with E-state index in [0.29, 0.717) is 18.0 Å². The van der Waals surface area contributed by atoms with Gasteiger partial charge in [0, 0.05) is 5.69 Å². The van der Waals surface area contributed by atoms with Crippen molar-refractivity contribution in [3.63, 3.8) is 0 Å². The SMILES string of the molecule is COc1nc(C)ccc1NC=O. The highest BCUT2D eigenvalue weighted by Crippen LogP contribution is 2.20. The van der Waals surface area contributed by atoms with Crippen LogP contribution in [-0.4, -0.2) is 18.5 Å². The first-order valence-electron chi connectivity index (χ1n) is 3.49. The second kappa shape index (κ2) is 3.71. The van der Waals surface area contributed by atoms with E-state index >= 15 is 0 Å². The second-order valence-corrected chi connectivity index (χ2v) is 2.27. The number of carbonyl (C=O) groups excluding carboxylic acids is 1. The van der Waals surface area contributed by atoms with Crippen LogP contribution in [0, 0.1) is 6.92 Å². The average Bonchev–Trinajstić information content (AvgIpc) is 2.08. The van der Waals surface area contributed by atoms with E-state index in [1.165, 1.54) is 7.11 Å². The van der Waals surface area contributed by atoms with Crippen molar-refractivity contribution in [3.8, 4) is 5.88 Å². The highest BCUT2D eigenvalue weighted by atomic mass is 16.5. The van der Waals surface area contributed by atoms with Crippen LogP contribution < -0.4 is 10.1 Å². The van der Waals surface area contributed by atoms with E-state index in [2.05, 4.69) is 10.3 Å². The van der Waals surface area contributed by atoms with Crippen LogP contribution in [0.1, 0.15) is 5.69 Å². The fraction of sp³-hybridized carbons (Fsp3) is 0.250. The molecule has 0 aliphatic heterocycles. The minimum absolute atomic E-state index is 0.433. The van der Waals surface area contributed by atoms with E-state index in [0.717, 1.165) is 5.69 Å². The van der Waals surface area contributed by atoms with Gasteiger partial charge in [-0.15, -0.1) is 0 Å². The molecule has 0 aliphatic rings. The molecule has 0 radical (unpaired) electrons. The third-order valence-electron chi connectivity index (χ3n) is 1.41. The van der Waals surface area contributed by atoms with Gasteiger partial charge >= 0.3 is 0 Å². The highest BCUT2D eigenvalue weighted by molar-refractivity contribution is 5.74. The first kappa shape index (κ1) is 8.52. The van der Waals surface area contributed by atoms with E-state index in [1.807, 2.05) is 6.92 Å². The Morgan fingerprint density at radius 2 is 2.33 bits per heavy atom. The molecule has 1 aromatic rings. The number of carbonyl (C=O) groups is 1. The zero-order valence-electron chi connectivity index (χ0n) is 7.00. The van der Waals surface area contributed by atoms with Crippen LogP contribution >= 0.6 is 0 Å². The van der Waals surface area contributed by atoms with Gasteiger partial charge in [0.15, 0.2) is 0 Å². The van der Waals surface area contributed by atoms with Gasteiger partial charge in [-0.3, -0.25) is 4.79 Å². The molecule has 0 bridgehead atoms. The first-order chi connectivity index (χ1) is 5.77. The monoisotopic (exact) mass is 166 g/mol. The van der Waals surface area contributed by atoms with Crippen LogP contribution in [0.25, 0.3) is 0 Å². The lowest BCUT2D eigenvalue weighted by Crippen LogP contribution is -1.99. The largest absolute Gasteiger partial charge is 0.480 e. The van der Waals surface area contributed by atoms with Crippen molar-refractivity contribution in [3.05, 3.63) is 17.8 Å². The Kier molecular flexibility index (Phi) is 2.63. The number of nitrogens with zero attached hydrogens (tertiary/aromatic N) is 1. The number of amides is 1. The Hall–Kier alpha value is -1.58. The topological polar surface area (TPSA) is 51.2 Å². The van der Waals surface area contributed by atoms with Crippen LogP contribution in [0.2, 0.25) is 0 Å². The molecule has 1 aromatic heterocycles. The van der Waals surface area contributed by atoms with Crippen molar-refractivity contribution in [2.45, 2.75) is 6.92 Å². The Morgan fingerprint density at radius 1 is 1.58 bits per heavy atom. The van der Waals surface area contributed by atoms with E-state index in [4.69, 9.17) is 4.74 Å². The first-order valence-corrected chi connectivity index (χ1v) is 3.49. The zero-order chi connectivity index (χ0) is 8.97. The molecule has 4 heteroatoms. The number of ether oxygens (including phenoxy) is 1. The number of methoxy groups -OCH3 is 1. The Labute approximate surface area is 70.6 Å². The normalized spacial score (nSPS) is 9.17. The summed E-state index contributed by atoms with van der Waals surface area (Å²) in [6.07, 6.45) is 0.592. The Morgan fingerprint density at radius 3 is 2.92 bits per heavy atom. The molecule has 0 unspecified atom stereocenters. The molecule has 64 valence electrons. The number of aryl methyl sites for hydroxylation is 1. The van der Waals surface area contributed by atoms with Crippen LogP contribution in [0.4, 0.5) is 5.69 Å². The molecule has 0 saturated heterocycles. The molecular weight excluding hydrogens is 156 g/mol. The summed E-state index contributed by atoms with van der Waals surface area (Å²) in [7, 11) is 1.51. The van der Waals surface area contributed by atoms with Gasteiger partial charge in [-0.05, 0) is 19.1 Å². The molecule has 4 nitrogen and oxygen atoms in total. The molecule has 0 saturated carbocycles. The molecule has 0 spiro atoms. The highest BCUT2D eigenvalue weighted by Gasteiger charge is 2.02. The summed E-state index contributed by atoms with van der Waals surface area (Å²) in [5.41, 5.74) is 1.43. The summed E-state index contributed by atoms with van der Waals surface area (Å²) in [5.74, 6) is 0.433. The molecular formula is C8H10N2O2. The molecule has 0 aliphatic carbocycles. The number of aromatic nitrogens is 1. The number of anilines is 1. The number of hydrogen-bond acceptors (Lipinski definition) is 3.